The highest BCUT2D eigenvalue weighted by Crippen LogP contribution is 2.38. The minimum atomic E-state index is -4.63. The van der Waals surface area contributed by atoms with E-state index in [9.17, 15) is 28.0 Å². The third-order valence-corrected chi connectivity index (χ3v) is 5.28. The molecule has 2 rings (SSSR count). The van der Waals surface area contributed by atoms with E-state index < -0.39 is 35.5 Å². The smallest absolute Gasteiger partial charge is 0.392 e. The maximum Gasteiger partial charge on any atom is 0.392 e. The molecule has 9 heteroatoms. The molecule has 1 amide bonds. The number of anilines is 1. The summed E-state index contributed by atoms with van der Waals surface area (Å²) < 4.78 is 46.0. The number of nitriles is 1. The Morgan fingerprint density at radius 3 is 2.26 bits per heavy atom. The number of hydrogen-bond donors (Lipinski definition) is 1. The topological polar surface area (TPSA) is 79.2 Å². The Balaban J connectivity index is 2.30. The Labute approximate surface area is 201 Å². The number of nitrogens with zero attached hydrogens (tertiary/aromatic N) is 1. The van der Waals surface area contributed by atoms with Gasteiger partial charge in [0.15, 0.2) is 0 Å². The van der Waals surface area contributed by atoms with E-state index in [1.54, 1.807) is 26.8 Å². The van der Waals surface area contributed by atoms with Crippen molar-refractivity contribution in [2.75, 3.05) is 5.32 Å². The van der Waals surface area contributed by atoms with Gasteiger partial charge in [-0.3, -0.25) is 9.59 Å². The zero-order valence-corrected chi connectivity index (χ0v) is 20.1. The van der Waals surface area contributed by atoms with E-state index in [0.717, 1.165) is 6.92 Å². The van der Waals surface area contributed by atoms with Gasteiger partial charge >= 0.3 is 12.1 Å². The molecule has 0 saturated carbocycles. The maximum absolute atomic E-state index is 13.6. The quantitative estimate of drug-likeness (QED) is 0.451. The van der Waals surface area contributed by atoms with Gasteiger partial charge in [0.05, 0.1) is 23.1 Å². The van der Waals surface area contributed by atoms with Gasteiger partial charge < -0.3 is 10.1 Å². The Kier molecular flexibility index (Phi) is 8.73. The Bertz CT molecular complexity index is 1070. The Hall–Kier alpha value is -3.05. The lowest BCUT2D eigenvalue weighted by Crippen LogP contribution is -2.34. The molecule has 5 nitrogen and oxygen atoms in total. The van der Waals surface area contributed by atoms with Crippen LogP contribution in [0.2, 0.25) is 5.02 Å². The highest BCUT2D eigenvalue weighted by molar-refractivity contribution is 6.30. The number of ether oxygens (including phenoxy) is 1. The standard InChI is InChI=1S/C25H26ClF3N2O3/c1-15(25(27,28)29)22(17-8-10-19(26)11-9-17)23(33)31-20-13-16(5-7-18(20)14-30)6-12-21(32)34-24(2,3)4/h5,7-11,13,15,22H,6,12H2,1-4H3,(H,31,33)/t15-,22+/m1/s1. The van der Waals surface area contributed by atoms with Gasteiger partial charge in [-0.1, -0.05) is 36.7 Å². The molecule has 0 aliphatic rings. The minimum absolute atomic E-state index is 0.0645. The summed E-state index contributed by atoms with van der Waals surface area (Å²) >= 11 is 5.85. The zero-order chi connectivity index (χ0) is 25.7. The molecule has 0 saturated heterocycles. The molecule has 0 fully saturated rings. The van der Waals surface area contributed by atoms with Crippen molar-refractivity contribution >= 4 is 29.2 Å². The molecule has 0 aliphatic heterocycles. The first-order chi connectivity index (χ1) is 15.7. The fraction of sp³-hybridized carbons (Fsp3) is 0.400. The molecule has 2 aromatic carbocycles. The van der Waals surface area contributed by atoms with E-state index >= 15 is 0 Å². The molecule has 0 unspecified atom stereocenters. The summed E-state index contributed by atoms with van der Waals surface area (Å²) in [7, 11) is 0. The summed E-state index contributed by atoms with van der Waals surface area (Å²) in [6.07, 6.45) is -4.30. The first-order valence-electron chi connectivity index (χ1n) is 10.6. The van der Waals surface area contributed by atoms with Gasteiger partial charge in [-0.05, 0) is 62.6 Å². The van der Waals surface area contributed by atoms with Crippen LogP contribution >= 0.6 is 11.6 Å². The molecular formula is C25H26ClF3N2O3. The first kappa shape index (κ1) is 27.2. The van der Waals surface area contributed by atoms with Crippen molar-refractivity contribution < 1.29 is 27.5 Å². The summed E-state index contributed by atoms with van der Waals surface area (Å²) in [5.41, 5.74) is 0.289. The van der Waals surface area contributed by atoms with Gasteiger partial charge in [-0.2, -0.15) is 18.4 Å². The van der Waals surface area contributed by atoms with Crippen LogP contribution in [0.1, 0.15) is 56.7 Å². The summed E-state index contributed by atoms with van der Waals surface area (Å²) in [6, 6.07) is 12.0. The molecule has 0 heterocycles. The Morgan fingerprint density at radius 1 is 1.12 bits per heavy atom. The number of alkyl halides is 3. The molecular weight excluding hydrogens is 469 g/mol. The molecule has 0 spiro atoms. The molecule has 1 N–H and O–H groups in total. The van der Waals surface area contributed by atoms with Crippen molar-refractivity contribution in [1.82, 2.24) is 0 Å². The van der Waals surface area contributed by atoms with Crippen molar-refractivity contribution in [1.29, 1.82) is 5.26 Å². The fourth-order valence-electron chi connectivity index (χ4n) is 3.32. The molecule has 0 radical (unpaired) electrons. The van der Waals surface area contributed by atoms with E-state index in [-0.39, 0.29) is 29.7 Å². The SMILES string of the molecule is C[C@H]([C@H](C(=O)Nc1cc(CCC(=O)OC(C)(C)C)ccc1C#N)c1ccc(Cl)cc1)C(F)(F)F. The summed E-state index contributed by atoms with van der Waals surface area (Å²) in [4.78, 5) is 25.1. The number of aryl methyl sites for hydroxylation is 1. The number of benzene rings is 2. The van der Waals surface area contributed by atoms with Gasteiger partial charge in [-0.25, -0.2) is 0 Å². The number of carbonyl (C=O) groups excluding carboxylic acids is 2. The molecule has 34 heavy (non-hydrogen) atoms. The van der Waals surface area contributed by atoms with Gasteiger partial charge in [0.25, 0.3) is 0 Å². The van der Waals surface area contributed by atoms with Crippen molar-refractivity contribution in [3.8, 4) is 6.07 Å². The van der Waals surface area contributed by atoms with Crippen molar-refractivity contribution in [3.63, 3.8) is 0 Å². The van der Waals surface area contributed by atoms with Crippen molar-refractivity contribution in [2.45, 2.75) is 58.2 Å². The van der Waals surface area contributed by atoms with E-state index in [1.165, 1.54) is 36.4 Å². The average Bonchev–Trinajstić information content (AvgIpc) is 2.72. The van der Waals surface area contributed by atoms with Crippen molar-refractivity contribution in [2.24, 2.45) is 5.92 Å². The number of nitrogens with one attached hydrogen (secondary N) is 1. The highest BCUT2D eigenvalue weighted by Gasteiger charge is 2.45. The number of esters is 1. The molecule has 182 valence electrons. The average molecular weight is 495 g/mol. The third kappa shape index (κ3) is 7.77. The van der Waals surface area contributed by atoms with Gasteiger partial charge in [0.2, 0.25) is 5.91 Å². The third-order valence-electron chi connectivity index (χ3n) is 5.03. The lowest BCUT2D eigenvalue weighted by molar-refractivity contribution is -0.178. The second-order valence-corrected chi connectivity index (χ2v) is 9.36. The number of rotatable bonds is 7. The number of amides is 1. The summed E-state index contributed by atoms with van der Waals surface area (Å²) in [5, 5.41) is 12.2. The predicted molar refractivity (Wildman–Crippen MR) is 123 cm³/mol. The van der Waals surface area contributed by atoms with Crippen molar-refractivity contribution in [3.05, 3.63) is 64.2 Å². The van der Waals surface area contributed by atoms with Crippen LogP contribution in [0.4, 0.5) is 18.9 Å². The summed E-state index contributed by atoms with van der Waals surface area (Å²) in [5.74, 6) is -4.87. The number of hydrogen-bond acceptors (Lipinski definition) is 4. The molecule has 0 aliphatic carbocycles. The van der Waals surface area contributed by atoms with Gasteiger partial charge in [-0.15, -0.1) is 0 Å². The number of halogens is 4. The van der Waals surface area contributed by atoms with Gasteiger partial charge in [0.1, 0.15) is 11.7 Å². The van der Waals surface area contributed by atoms with Crippen LogP contribution < -0.4 is 5.32 Å². The monoisotopic (exact) mass is 494 g/mol. The maximum atomic E-state index is 13.6. The van der Waals surface area contributed by atoms with Crippen LogP contribution in [0, 0.1) is 17.2 Å². The molecule has 0 bridgehead atoms. The van der Waals surface area contributed by atoms with Crippen LogP contribution in [-0.4, -0.2) is 23.7 Å². The molecule has 0 aromatic heterocycles. The van der Waals surface area contributed by atoms with E-state index in [0.29, 0.717) is 10.6 Å². The van der Waals surface area contributed by atoms with E-state index in [1.807, 2.05) is 6.07 Å². The van der Waals surface area contributed by atoms with Crippen LogP contribution in [-0.2, 0) is 20.7 Å². The normalized spacial score (nSPS) is 13.5. The second-order valence-electron chi connectivity index (χ2n) is 8.93. The van der Waals surface area contributed by atoms with Crippen LogP contribution in [0.3, 0.4) is 0 Å². The largest absolute Gasteiger partial charge is 0.460 e. The highest BCUT2D eigenvalue weighted by atomic mass is 35.5. The fourth-order valence-corrected chi connectivity index (χ4v) is 3.45. The first-order valence-corrected chi connectivity index (χ1v) is 11.0. The Morgan fingerprint density at radius 2 is 1.74 bits per heavy atom. The van der Waals surface area contributed by atoms with E-state index in [4.69, 9.17) is 16.3 Å². The molecule has 2 aromatic rings. The summed E-state index contributed by atoms with van der Waals surface area (Å²) in [6.45, 7) is 6.18. The van der Waals surface area contributed by atoms with Crippen LogP contribution in [0.5, 0.6) is 0 Å². The number of carbonyl (C=O) groups is 2. The predicted octanol–water partition coefficient (Wildman–Crippen LogP) is 6.41. The zero-order valence-electron chi connectivity index (χ0n) is 19.3. The van der Waals surface area contributed by atoms with E-state index in [2.05, 4.69) is 5.32 Å². The lowest BCUT2D eigenvalue weighted by Gasteiger charge is -2.26. The second kappa shape index (κ2) is 10.9. The minimum Gasteiger partial charge on any atom is -0.460 e. The van der Waals surface area contributed by atoms with Crippen LogP contribution in [0.25, 0.3) is 0 Å². The van der Waals surface area contributed by atoms with Gasteiger partial charge in [0, 0.05) is 11.4 Å². The lowest BCUT2D eigenvalue weighted by atomic mass is 9.85. The van der Waals surface area contributed by atoms with Crippen LogP contribution in [0.15, 0.2) is 42.5 Å². The molecule has 2 atom stereocenters.